The van der Waals surface area contributed by atoms with Crippen LogP contribution in [0.1, 0.15) is 16.8 Å². The molecule has 1 aromatic rings. The predicted octanol–water partition coefficient (Wildman–Crippen LogP) is -0.315. The third-order valence-electron chi connectivity index (χ3n) is 2.70. The molecule has 0 aliphatic carbocycles. The second-order valence-electron chi connectivity index (χ2n) is 3.76. The van der Waals surface area contributed by atoms with Crippen molar-refractivity contribution in [1.29, 1.82) is 0 Å². The molecule has 92 valence electrons. The predicted molar refractivity (Wildman–Crippen MR) is 61.5 cm³/mol. The zero-order valence-corrected chi connectivity index (χ0v) is 9.90. The number of carbonyl (C=O) groups excluding carboxylic acids is 1. The zero-order chi connectivity index (χ0) is 12.5. The van der Waals surface area contributed by atoms with Gasteiger partial charge in [-0.15, -0.1) is 0 Å². The summed E-state index contributed by atoms with van der Waals surface area (Å²) in [6.07, 6.45) is 0.896. The monoisotopic (exact) mass is 255 g/mol. The van der Waals surface area contributed by atoms with Gasteiger partial charge >= 0.3 is 0 Å². The Labute approximate surface area is 99.4 Å². The van der Waals surface area contributed by atoms with Gasteiger partial charge in [0.2, 0.25) is 10.0 Å². The van der Waals surface area contributed by atoms with Crippen LogP contribution in [0.15, 0.2) is 29.2 Å². The number of hydrogen-bond donors (Lipinski definition) is 2. The minimum Gasteiger partial charge on any atom is -0.290 e. The molecule has 1 aliphatic heterocycles. The van der Waals surface area contributed by atoms with Gasteiger partial charge in [-0.1, -0.05) is 0 Å². The third kappa shape index (κ3) is 2.17. The number of nitrogens with one attached hydrogen (secondary N) is 1. The second kappa shape index (κ2) is 4.44. The summed E-state index contributed by atoms with van der Waals surface area (Å²) in [6, 6.07) is 5.71. The van der Waals surface area contributed by atoms with E-state index >= 15 is 0 Å². The Kier molecular flexibility index (Phi) is 3.14. The van der Waals surface area contributed by atoms with E-state index in [9.17, 15) is 13.2 Å². The Morgan fingerprint density at radius 2 is 1.82 bits per heavy atom. The van der Waals surface area contributed by atoms with E-state index in [-0.39, 0.29) is 4.90 Å². The average molecular weight is 255 g/mol. The summed E-state index contributed by atoms with van der Waals surface area (Å²) >= 11 is 0. The van der Waals surface area contributed by atoms with Crippen LogP contribution in [-0.2, 0) is 10.0 Å². The first-order chi connectivity index (χ1) is 8.05. The molecule has 17 heavy (non-hydrogen) atoms. The van der Waals surface area contributed by atoms with Crippen molar-refractivity contribution in [3.63, 3.8) is 0 Å². The Morgan fingerprint density at radius 3 is 2.24 bits per heavy atom. The standard InChI is InChI=1S/C10H13N3O3S/c11-12-10(14)8-2-4-9(5-3-8)17(15,16)13-6-1-7-13/h2-5H,1,6-7,11H2,(H,12,14). The number of nitrogens with zero attached hydrogens (tertiary/aromatic N) is 1. The number of nitrogen functional groups attached to an aromatic ring is 1. The SMILES string of the molecule is NNC(=O)c1ccc(S(=O)(=O)N2CCC2)cc1. The fourth-order valence-electron chi connectivity index (χ4n) is 1.54. The van der Waals surface area contributed by atoms with Gasteiger partial charge in [-0.2, -0.15) is 4.31 Å². The molecule has 6 nitrogen and oxygen atoms in total. The Morgan fingerprint density at radius 1 is 1.24 bits per heavy atom. The number of rotatable bonds is 3. The summed E-state index contributed by atoms with van der Waals surface area (Å²) < 4.78 is 25.3. The number of sulfonamides is 1. The van der Waals surface area contributed by atoms with Gasteiger partial charge in [-0.3, -0.25) is 10.2 Å². The van der Waals surface area contributed by atoms with Gasteiger partial charge in [-0.25, -0.2) is 14.3 Å². The molecule has 2 rings (SSSR count). The first kappa shape index (κ1) is 12.0. The van der Waals surface area contributed by atoms with Crippen LogP contribution in [0.25, 0.3) is 0 Å². The van der Waals surface area contributed by atoms with Crippen molar-refractivity contribution >= 4 is 15.9 Å². The van der Waals surface area contributed by atoms with Crippen LogP contribution in [0.3, 0.4) is 0 Å². The smallest absolute Gasteiger partial charge is 0.265 e. The van der Waals surface area contributed by atoms with Crippen molar-refractivity contribution in [1.82, 2.24) is 9.73 Å². The van der Waals surface area contributed by atoms with Gasteiger partial charge in [-0.05, 0) is 30.7 Å². The number of benzene rings is 1. The van der Waals surface area contributed by atoms with Crippen molar-refractivity contribution in [3.05, 3.63) is 29.8 Å². The Hall–Kier alpha value is -1.44. The maximum Gasteiger partial charge on any atom is 0.265 e. The lowest BCUT2D eigenvalue weighted by Crippen LogP contribution is -2.41. The normalized spacial score (nSPS) is 16.3. The second-order valence-corrected chi connectivity index (χ2v) is 5.69. The fourth-order valence-corrected chi connectivity index (χ4v) is 3.06. The molecule has 0 aromatic heterocycles. The van der Waals surface area contributed by atoms with Gasteiger partial charge in [0.1, 0.15) is 0 Å². The minimum atomic E-state index is -3.38. The van der Waals surface area contributed by atoms with Gasteiger partial charge in [0.25, 0.3) is 5.91 Å². The quantitative estimate of drug-likeness (QED) is 0.440. The molecule has 0 radical (unpaired) electrons. The van der Waals surface area contributed by atoms with Crippen LogP contribution in [0.4, 0.5) is 0 Å². The topological polar surface area (TPSA) is 92.5 Å². The fraction of sp³-hybridized carbons (Fsp3) is 0.300. The highest BCUT2D eigenvalue weighted by atomic mass is 32.2. The van der Waals surface area contributed by atoms with Crippen LogP contribution >= 0.6 is 0 Å². The van der Waals surface area contributed by atoms with E-state index in [0.29, 0.717) is 18.7 Å². The highest BCUT2D eigenvalue weighted by Gasteiger charge is 2.29. The van der Waals surface area contributed by atoms with Gasteiger partial charge in [0.15, 0.2) is 0 Å². The number of carbonyl (C=O) groups is 1. The molecule has 1 amide bonds. The molecule has 1 heterocycles. The first-order valence-corrected chi connectivity index (χ1v) is 6.61. The maximum absolute atomic E-state index is 12.0. The molecular formula is C10H13N3O3S. The molecule has 7 heteroatoms. The summed E-state index contributed by atoms with van der Waals surface area (Å²) in [5, 5.41) is 0. The summed E-state index contributed by atoms with van der Waals surface area (Å²) in [4.78, 5) is 11.4. The van der Waals surface area contributed by atoms with Crippen LogP contribution in [0, 0.1) is 0 Å². The largest absolute Gasteiger partial charge is 0.290 e. The van der Waals surface area contributed by atoms with E-state index in [0.717, 1.165) is 6.42 Å². The number of amides is 1. The molecule has 0 bridgehead atoms. The molecule has 1 fully saturated rings. The van der Waals surface area contributed by atoms with Crippen molar-refractivity contribution in [2.24, 2.45) is 5.84 Å². The molecule has 1 aliphatic rings. The third-order valence-corrected chi connectivity index (χ3v) is 4.61. The number of hydrazine groups is 1. The molecule has 0 saturated carbocycles. The van der Waals surface area contributed by atoms with Crippen molar-refractivity contribution in [2.45, 2.75) is 11.3 Å². The van der Waals surface area contributed by atoms with Crippen LogP contribution < -0.4 is 11.3 Å². The molecule has 1 aromatic carbocycles. The number of nitrogens with two attached hydrogens (primary N) is 1. The minimum absolute atomic E-state index is 0.200. The van der Waals surface area contributed by atoms with E-state index in [1.807, 2.05) is 5.43 Å². The Bertz CT molecular complexity index is 520. The van der Waals surface area contributed by atoms with Crippen LogP contribution in [0.5, 0.6) is 0 Å². The van der Waals surface area contributed by atoms with Crippen molar-refractivity contribution in [3.8, 4) is 0 Å². The first-order valence-electron chi connectivity index (χ1n) is 5.17. The highest BCUT2D eigenvalue weighted by Crippen LogP contribution is 2.21. The molecular weight excluding hydrogens is 242 g/mol. The summed E-state index contributed by atoms with van der Waals surface area (Å²) in [5.41, 5.74) is 2.31. The highest BCUT2D eigenvalue weighted by molar-refractivity contribution is 7.89. The van der Waals surface area contributed by atoms with Gasteiger partial charge < -0.3 is 0 Å². The van der Waals surface area contributed by atoms with Crippen LogP contribution in [-0.4, -0.2) is 31.7 Å². The van der Waals surface area contributed by atoms with E-state index in [1.54, 1.807) is 0 Å². The lowest BCUT2D eigenvalue weighted by atomic mass is 10.2. The molecule has 0 atom stereocenters. The average Bonchev–Trinajstić information content (AvgIpc) is 2.25. The van der Waals surface area contributed by atoms with Crippen molar-refractivity contribution < 1.29 is 13.2 Å². The molecule has 3 N–H and O–H groups in total. The van der Waals surface area contributed by atoms with E-state index < -0.39 is 15.9 Å². The van der Waals surface area contributed by atoms with E-state index in [4.69, 9.17) is 5.84 Å². The zero-order valence-electron chi connectivity index (χ0n) is 9.09. The molecule has 0 spiro atoms. The van der Waals surface area contributed by atoms with E-state index in [2.05, 4.69) is 0 Å². The van der Waals surface area contributed by atoms with E-state index in [1.165, 1.54) is 28.6 Å². The summed E-state index contributed by atoms with van der Waals surface area (Å²) in [7, 11) is -3.38. The summed E-state index contributed by atoms with van der Waals surface area (Å²) in [6.45, 7) is 1.13. The van der Waals surface area contributed by atoms with Crippen molar-refractivity contribution in [2.75, 3.05) is 13.1 Å². The lowest BCUT2D eigenvalue weighted by molar-refractivity contribution is 0.0953. The Balaban J connectivity index is 2.26. The summed E-state index contributed by atoms with van der Waals surface area (Å²) in [5.74, 6) is 4.53. The van der Waals surface area contributed by atoms with Gasteiger partial charge in [0, 0.05) is 18.7 Å². The molecule has 1 saturated heterocycles. The van der Waals surface area contributed by atoms with Gasteiger partial charge in [0.05, 0.1) is 4.90 Å². The number of hydrogen-bond acceptors (Lipinski definition) is 4. The van der Waals surface area contributed by atoms with Crippen LogP contribution in [0.2, 0.25) is 0 Å². The molecule has 0 unspecified atom stereocenters. The lowest BCUT2D eigenvalue weighted by Gasteiger charge is -2.29. The maximum atomic E-state index is 12.0.